The summed E-state index contributed by atoms with van der Waals surface area (Å²) in [6.45, 7) is 0. The number of anilines is 1. The van der Waals surface area contributed by atoms with Crippen molar-refractivity contribution in [1.29, 1.82) is 0 Å². The van der Waals surface area contributed by atoms with Gasteiger partial charge in [0.2, 0.25) is 0 Å². The average Bonchev–Trinajstić information content (AvgIpc) is 2.57. The van der Waals surface area contributed by atoms with Crippen LogP contribution < -0.4 is 5.32 Å². The molecule has 0 unspecified atom stereocenters. The lowest BCUT2D eigenvalue weighted by molar-refractivity contribution is 0.102. The number of hydrogen-bond donors (Lipinski definition) is 2. The maximum atomic E-state index is 12.8. The minimum absolute atomic E-state index is 0.190. The number of fused-ring (bicyclic) bond motifs is 1. The highest BCUT2D eigenvalue weighted by Gasteiger charge is 2.18. The van der Waals surface area contributed by atoms with Crippen LogP contribution in [0.1, 0.15) is 10.4 Å². The Morgan fingerprint density at radius 3 is 2.27 bits per heavy atom. The molecule has 0 radical (unpaired) electrons. The van der Waals surface area contributed by atoms with Crippen LogP contribution in [0.5, 0.6) is 0 Å². The van der Waals surface area contributed by atoms with Crippen molar-refractivity contribution < 1.29 is 17.8 Å². The molecular weight excluding hydrogens is 695 g/mol. The largest absolute Gasteiger partial charge is 0.321 e. The summed E-state index contributed by atoms with van der Waals surface area (Å²) in [7, 11) is -4.36. The van der Waals surface area contributed by atoms with Crippen molar-refractivity contribution in [1.82, 2.24) is 0 Å². The highest BCUT2D eigenvalue weighted by Crippen LogP contribution is 2.30. The Bertz CT molecular complexity index is 1150. The molecule has 0 atom stereocenters. The van der Waals surface area contributed by atoms with E-state index in [1.165, 1.54) is 12.1 Å². The first-order valence-electron chi connectivity index (χ1n) is 7.13. The van der Waals surface area contributed by atoms with Gasteiger partial charge >= 0.3 is 0 Å². The summed E-state index contributed by atoms with van der Waals surface area (Å²) in [5, 5.41) is 3.73. The zero-order chi connectivity index (χ0) is 19.1. The molecule has 3 aromatic carbocycles. The molecule has 0 aliphatic heterocycles. The second-order valence-electron chi connectivity index (χ2n) is 5.34. The van der Waals surface area contributed by atoms with Crippen LogP contribution in [0.4, 0.5) is 5.69 Å². The van der Waals surface area contributed by atoms with E-state index in [-0.39, 0.29) is 10.8 Å². The zero-order valence-corrected chi connectivity index (χ0v) is 20.1. The second-order valence-corrected chi connectivity index (χ2v) is 10.2. The number of carbonyl (C=O) groups excluding carboxylic acids is 1. The second kappa shape index (κ2) is 7.85. The molecule has 0 saturated carbocycles. The maximum absolute atomic E-state index is 12.8. The summed E-state index contributed by atoms with van der Waals surface area (Å²) in [5.74, 6) is -0.282. The normalized spacial score (nSPS) is 11.5. The minimum atomic E-state index is -4.36. The van der Waals surface area contributed by atoms with Crippen LogP contribution in [0.25, 0.3) is 10.8 Å². The van der Waals surface area contributed by atoms with Crippen LogP contribution in [0.3, 0.4) is 0 Å². The number of benzene rings is 3. The molecule has 3 rings (SSSR count). The van der Waals surface area contributed by atoms with Crippen molar-refractivity contribution in [2.45, 2.75) is 4.90 Å². The van der Waals surface area contributed by atoms with Crippen LogP contribution in [0.2, 0.25) is 0 Å². The van der Waals surface area contributed by atoms with E-state index in [1.54, 1.807) is 30.3 Å². The van der Waals surface area contributed by atoms with Crippen LogP contribution in [0.15, 0.2) is 53.4 Å². The van der Waals surface area contributed by atoms with Crippen LogP contribution in [0, 0.1) is 10.7 Å². The van der Waals surface area contributed by atoms with Gasteiger partial charge in [-0.15, -0.1) is 0 Å². The lowest BCUT2D eigenvalue weighted by atomic mass is 10.1. The summed E-state index contributed by atoms with van der Waals surface area (Å²) >= 11 is 6.47. The Balaban J connectivity index is 2.10. The fourth-order valence-electron chi connectivity index (χ4n) is 2.52. The molecule has 0 aromatic heterocycles. The summed E-state index contributed by atoms with van der Waals surface area (Å²) < 4.78 is 35.4. The van der Waals surface area contributed by atoms with Crippen LogP contribution >= 0.6 is 67.8 Å². The fourth-order valence-corrected chi connectivity index (χ4v) is 5.61. The first kappa shape index (κ1) is 20.2. The third-order valence-electron chi connectivity index (χ3n) is 3.65. The molecule has 0 aliphatic carbocycles. The average molecular weight is 705 g/mol. The van der Waals surface area contributed by atoms with Gasteiger partial charge in [-0.3, -0.25) is 9.35 Å². The van der Waals surface area contributed by atoms with Gasteiger partial charge in [0, 0.05) is 27.2 Å². The third kappa shape index (κ3) is 4.15. The van der Waals surface area contributed by atoms with Gasteiger partial charge in [-0.1, -0.05) is 24.3 Å². The fraction of sp³-hybridized carbons (Fsp3) is 0. The predicted molar refractivity (Wildman–Crippen MR) is 126 cm³/mol. The van der Waals surface area contributed by atoms with Gasteiger partial charge in [-0.25, -0.2) is 0 Å². The lowest BCUT2D eigenvalue weighted by Crippen LogP contribution is -2.15. The van der Waals surface area contributed by atoms with E-state index in [0.717, 1.165) is 10.7 Å². The minimum Gasteiger partial charge on any atom is -0.321 e. The van der Waals surface area contributed by atoms with Crippen molar-refractivity contribution in [3.05, 3.63) is 64.8 Å². The molecule has 0 fully saturated rings. The predicted octanol–water partition coefficient (Wildman–Crippen LogP) is 5.15. The lowest BCUT2D eigenvalue weighted by Gasteiger charge is -2.12. The molecule has 0 saturated heterocycles. The Hall–Kier alpha value is -0.510. The Kier molecular flexibility index (Phi) is 6.11. The molecule has 1 amide bonds. The number of hydrogen-bond acceptors (Lipinski definition) is 3. The van der Waals surface area contributed by atoms with Gasteiger partial charge in [0.05, 0.1) is 5.56 Å². The van der Waals surface area contributed by atoms with Gasteiger partial charge < -0.3 is 5.32 Å². The van der Waals surface area contributed by atoms with Crippen molar-refractivity contribution in [3.8, 4) is 0 Å². The number of rotatable bonds is 3. The van der Waals surface area contributed by atoms with E-state index in [4.69, 9.17) is 0 Å². The molecular formula is C17H10I3NO4S. The summed E-state index contributed by atoms with van der Waals surface area (Å²) in [6, 6.07) is 13.3. The van der Waals surface area contributed by atoms with E-state index in [0.29, 0.717) is 22.0 Å². The van der Waals surface area contributed by atoms with Crippen LogP contribution in [-0.4, -0.2) is 18.9 Å². The van der Waals surface area contributed by atoms with Gasteiger partial charge in [0.25, 0.3) is 16.0 Å². The number of amides is 1. The van der Waals surface area contributed by atoms with E-state index in [9.17, 15) is 17.8 Å². The molecule has 0 spiro atoms. The Labute approximate surface area is 191 Å². The van der Waals surface area contributed by atoms with Gasteiger partial charge in [-0.05, 0) is 92.0 Å². The topological polar surface area (TPSA) is 83.5 Å². The van der Waals surface area contributed by atoms with Gasteiger partial charge in [-0.2, -0.15) is 8.42 Å². The zero-order valence-electron chi connectivity index (χ0n) is 12.8. The summed E-state index contributed by atoms with van der Waals surface area (Å²) in [6.07, 6.45) is 0. The van der Waals surface area contributed by atoms with Gasteiger partial charge in [0.1, 0.15) is 4.90 Å². The molecule has 3 aromatic rings. The van der Waals surface area contributed by atoms with E-state index >= 15 is 0 Å². The van der Waals surface area contributed by atoms with Crippen LogP contribution in [-0.2, 0) is 10.1 Å². The molecule has 5 nitrogen and oxygen atoms in total. The highest BCUT2D eigenvalue weighted by atomic mass is 127. The Morgan fingerprint density at radius 1 is 0.962 bits per heavy atom. The first-order chi connectivity index (χ1) is 12.2. The molecule has 134 valence electrons. The van der Waals surface area contributed by atoms with Crippen molar-refractivity contribution in [2.75, 3.05) is 5.32 Å². The molecule has 9 heteroatoms. The van der Waals surface area contributed by atoms with Crippen molar-refractivity contribution in [3.63, 3.8) is 0 Å². The van der Waals surface area contributed by atoms with E-state index < -0.39 is 10.1 Å². The summed E-state index contributed by atoms with van der Waals surface area (Å²) in [5.41, 5.74) is 1.02. The monoisotopic (exact) mass is 705 g/mol. The molecule has 0 bridgehead atoms. The quantitative estimate of drug-likeness (QED) is 0.225. The molecule has 26 heavy (non-hydrogen) atoms. The number of carbonyl (C=O) groups is 1. The SMILES string of the molecule is O=C(Nc1ccc(S(=O)(=O)O)c2ccccc12)c1cc(I)cc(I)c1I. The van der Waals surface area contributed by atoms with E-state index in [2.05, 4.69) is 73.1 Å². The van der Waals surface area contributed by atoms with Crippen molar-refractivity contribution >= 4 is 100 Å². The smallest absolute Gasteiger partial charge is 0.295 e. The summed E-state index contributed by atoms with van der Waals surface area (Å²) in [4.78, 5) is 12.6. The Morgan fingerprint density at radius 2 is 1.62 bits per heavy atom. The molecule has 0 heterocycles. The third-order valence-corrected chi connectivity index (χ3v) is 8.23. The molecule has 2 N–H and O–H groups in total. The molecule has 0 aliphatic rings. The standard InChI is InChI=1S/C17H10I3NO4S/c18-9-7-12(16(20)13(19)8-9)17(22)21-14-5-6-15(26(23,24)25)11-4-2-1-3-10(11)14/h1-8H,(H,21,22)(H,23,24,25). The first-order valence-corrected chi connectivity index (χ1v) is 11.8. The van der Waals surface area contributed by atoms with Crippen molar-refractivity contribution in [2.24, 2.45) is 0 Å². The highest BCUT2D eigenvalue weighted by molar-refractivity contribution is 14.1. The maximum Gasteiger partial charge on any atom is 0.295 e. The number of nitrogens with one attached hydrogen (secondary N) is 1. The van der Waals surface area contributed by atoms with Gasteiger partial charge in [0.15, 0.2) is 0 Å². The van der Waals surface area contributed by atoms with E-state index in [1.807, 2.05) is 6.07 Å². The number of halogens is 3.